The van der Waals surface area contributed by atoms with Crippen molar-refractivity contribution in [3.8, 4) is 11.5 Å². The maximum Gasteiger partial charge on any atom is 0.243 e. The van der Waals surface area contributed by atoms with Crippen LogP contribution in [0.15, 0.2) is 58.0 Å². The molecule has 172 valence electrons. The molecule has 0 atom stereocenters. The Hall–Kier alpha value is -3.24. The minimum Gasteiger partial charge on any atom is -0.463 e. The fourth-order valence-corrected chi connectivity index (χ4v) is 5.89. The number of aromatic nitrogens is 2. The van der Waals surface area contributed by atoms with Crippen molar-refractivity contribution in [2.45, 2.75) is 24.7 Å². The highest BCUT2D eigenvalue weighted by atomic mass is 32.2. The topological polar surface area (TPSA) is 99.9 Å². The van der Waals surface area contributed by atoms with Crippen LogP contribution in [0, 0.1) is 0 Å². The molecule has 1 amide bonds. The average Bonchev–Trinajstić information content (AvgIpc) is 3.38. The Morgan fingerprint density at radius 2 is 1.82 bits per heavy atom. The van der Waals surface area contributed by atoms with Crippen LogP contribution in [0.25, 0.3) is 11.5 Å². The highest BCUT2D eigenvalue weighted by molar-refractivity contribution is 7.89. The van der Waals surface area contributed by atoms with E-state index in [1.54, 1.807) is 35.4 Å². The fourth-order valence-electron chi connectivity index (χ4n) is 4.42. The number of fused-ring (bicyclic) bond motifs is 1. The molecule has 0 spiro atoms. The number of amides is 1. The molecule has 10 heteroatoms. The van der Waals surface area contributed by atoms with Crippen LogP contribution in [0.5, 0.6) is 0 Å². The quantitative estimate of drug-likeness (QED) is 0.581. The van der Waals surface area contributed by atoms with Gasteiger partial charge in [-0.15, -0.1) is 10.2 Å². The molecule has 33 heavy (non-hydrogen) atoms. The van der Waals surface area contributed by atoms with Gasteiger partial charge in [-0.25, -0.2) is 8.42 Å². The van der Waals surface area contributed by atoms with Gasteiger partial charge >= 0.3 is 0 Å². The summed E-state index contributed by atoms with van der Waals surface area (Å²) in [5.41, 5.74) is 2.37. The maximum absolute atomic E-state index is 13.3. The molecule has 3 aromatic rings. The van der Waals surface area contributed by atoms with Gasteiger partial charge in [-0.2, -0.15) is 4.31 Å². The SMILES string of the molecule is CC(=O)N1CCCc2cc(S(=O)(=O)N3CCN(c4ccc(-c5ccco5)nn4)CC3)ccc21. The van der Waals surface area contributed by atoms with Crippen LogP contribution in [0.4, 0.5) is 11.5 Å². The molecule has 0 N–H and O–H groups in total. The minimum atomic E-state index is -3.62. The number of carbonyl (C=O) groups excluding carboxylic acids is 1. The number of sulfonamides is 1. The molecule has 2 aromatic heterocycles. The van der Waals surface area contributed by atoms with Crippen molar-refractivity contribution in [3.63, 3.8) is 0 Å². The summed E-state index contributed by atoms with van der Waals surface area (Å²) in [6.07, 6.45) is 3.18. The number of hydrogen-bond acceptors (Lipinski definition) is 7. The number of benzene rings is 1. The third-order valence-electron chi connectivity index (χ3n) is 6.17. The van der Waals surface area contributed by atoms with E-state index in [0.717, 1.165) is 24.1 Å². The summed E-state index contributed by atoms with van der Waals surface area (Å²) in [4.78, 5) is 15.9. The second-order valence-electron chi connectivity index (χ2n) is 8.21. The lowest BCUT2D eigenvalue weighted by Crippen LogP contribution is -2.49. The van der Waals surface area contributed by atoms with Gasteiger partial charge in [0.2, 0.25) is 15.9 Å². The molecule has 1 saturated heterocycles. The lowest BCUT2D eigenvalue weighted by atomic mass is 10.0. The smallest absolute Gasteiger partial charge is 0.243 e. The van der Waals surface area contributed by atoms with Crippen LogP contribution in [-0.4, -0.2) is 61.6 Å². The minimum absolute atomic E-state index is 0.0250. The highest BCUT2D eigenvalue weighted by Gasteiger charge is 2.30. The normalized spacial score (nSPS) is 17.1. The van der Waals surface area contributed by atoms with E-state index in [4.69, 9.17) is 4.42 Å². The molecule has 0 radical (unpaired) electrons. The number of rotatable bonds is 4. The number of piperazine rings is 1. The Kier molecular flexibility index (Phi) is 5.63. The first-order chi connectivity index (χ1) is 15.9. The summed E-state index contributed by atoms with van der Waals surface area (Å²) < 4.78 is 33.4. The predicted octanol–water partition coefficient (Wildman–Crippen LogP) is 2.55. The summed E-state index contributed by atoms with van der Waals surface area (Å²) >= 11 is 0. The van der Waals surface area contributed by atoms with Crippen LogP contribution >= 0.6 is 0 Å². The zero-order valence-electron chi connectivity index (χ0n) is 18.3. The lowest BCUT2D eigenvalue weighted by molar-refractivity contribution is -0.116. The van der Waals surface area contributed by atoms with Gasteiger partial charge < -0.3 is 14.2 Å². The van der Waals surface area contributed by atoms with Crippen LogP contribution < -0.4 is 9.80 Å². The van der Waals surface area contributed by atoms with Crippen LogP contribution in [0.2, 0.25) is 0 Å². The predicted molar refractivity (Wildman–Crippen MR) is 123 cm³/mol. The van der Waals surface area contributed by atoms with Crippen molar-refractivity contribution >= 4 is 27.4 Å². The van der Waals surface area contributed by atoms with E-state index < -0.39 is 10.0 Å². The van der Waals surface area contributed by atoms with Gasteiger partial charge in [-0.05, 0) is 60.9 Å². The van der Waals surface area contributed by atoms with E-state index in [2.05, 4.69) is 10.2 Å². The van der Waals surface area contributed by atoms with E-state index in [-0.39, 0.29) is 10.8 Å². The molecule has 1 fully saturated rings. The first-order valence-electron chi connectivity index (χ1n) is 11.0. The second-order valence-corrected chi connectivity index (χ2v) is 10.1. The maximum atomic E-state index is 13.3. The molecule has 4 heterocycles. The van der Waals surface area contributed by atoms with Crippen molar-refractivity contribution in [1.82, 2.24) is 14.5 Å². The molecule has 0 aliphatic carbocycles. The van der Waals surface area contributed by atoms with E-state index in [1.807, 2.05) is 23.1 Å². The first-order valence-corrected chi connectivity index (χ1v) is 12.4. The second kappa shape index (κ2) is 8.60. The van der Waals surface area contributed by atoms with E-state index >= 15 is 0 Å². The van der Waals surface area contributed by atoms with E-state index in [0.29, 0.717) is 50.0 Å². The largest absolute Gasteiger partial charge is 0.463 e. The summed E-state index contributed by atoms with van der Waals surface area (Å²) in [5.74, 6) is 1.34. The lowest BCUT2D eigenvalue weighted by Gasteiger charge is -2.35. The zero-order chi connectivity index (χ0) is 23.0. The molecule has 0 unspecified atom stereocenters. The van der Waals surface area contributed by atoms with Crippen molar-refractivity contribution < 1.29 is 17.6 Å². The summed E-state index contributed by atoms with van der Waals surface area (Å²) in [6, 6.07) is 12.4. The molecule has 9 nitrogen and oxygen atoms in total. The molecular weight excluding hydrogens is 442 g/mol. The number of anilines is 2. The number of nitrogens with zero attached hydrogens (tertiary/aromatic N) is 5. The molecule has 1 aromatic carbocycles. The zero-order valence-corrected chi connectivity index (χ0v) is 19.2. The Morgan fingerprint density at radius 3 is 2.48 bits per heavy atom. The van der Waals surface area contributed by atoms with Crippen molar-refractivity contribution in [1.29, 1.82) is 0 Å². The Labute approximate surface area is 192 Å². The summed E-state index contributed by atoms with van der Waals surface area (Å²) in [6.45, 7) is 3.98. The third kappa shape index (κ3) is 4.11. The monoisotopic (exact) mass is 467 g/mol. The third-order valence-corrected chi connectivity index (χ3v) is 8.07. The number of carbonyl (C=O) groups is 1. The van der Waals surface area contributed by atoms with Crippen molar-refractivity contribution in [2.24, 2.45) is 0 Å². The van der Waals surface area contributed by atoms with Gasteiger partial charge in [0.05, 0.1) is 11.2 Å². The standard InChI is InChI=1S/C23H25N5O4S/c1-17(29)28-10-2-4-18-16-19(6-8-21(18)28)33(30,31)27-13-11-26(12-14-27)23-9-7-20(24-25-23)22-5-3-15-32-22/h3,5-9,15-16H,2,4,10-14H2,1H3. The molecule has 0 saturated carbocycles. The molecule has 2 aliphatic rings. The van der Waals surface area contributed by atoms with Crippen molar-refractivity contribution in [2.75, 3.05) is 42.5 Å². The number of aryl methyl sites for hydroxylation is 1. The van der Waals surface area contributed by atoms with Crippen LogP contribution in [0.1, 0.15) is 18.9 Å². The summed E-state index contributed by atoms with van der Waals surface area (Å²) in [5, 5.41) is 8.51. The van der Waals surface area contributed by atoms with Gasteiger partial charge in [-0.1, -0.05) is 0 Å². The molecule has 5 rings (SSSR count). The molecular formula is C23H25N5O4S. The van der Waals surface area contributed by atoms with Crippen LogP contribution in [0.3, 0.4) is 0 Å². The Morgan fingerprint density at radius 1 is 1.00 bits per heavy atom. The number of hydrogen-bond donors (Lipinski definition) is 0. The Bertz CT molecular complexity index is 1250. The number of furan rings is 1. The van der Waals surface area contributed by atoms with E-state index in [9.17, 15) is 13.2 Å². The van der Waals surface area contributed by atoms with Gasteiger partial charge in [0.1, 0.15) is 5.69 Å². The van der Waals surface area contributed by atoms with E-state index in [1.165, 1.54) is 11.2 Å². The Balaban J connectivity index is 1.28. The van der Waals surface area contributed by atoms with Gasteiger partial charge in [0.15, 0.2) is 11.6 Å². The van der Waals surface area contributed by atoms with Crippen LogP contribution in [-0.2, 0) is 21.2 Å². The first kappa shape index (κ1) is 21.6. The summed E-state index contributed by atoms with van der Waals surface area (Å²) in [7, 11) is -3.62. The van der Waals surface area contributed by atoms with Crippen molar-refractivity contribution in [3.05, 3.63) is 54.3 Å². The van der Waals surface area contributed by atoms with Gasteiger partial charge in [0.25, 0.3) is 0 Å². The highest BCUT2D eigenvalue weighted by Crippen LogP contribution is 2.31. The fraction of sp³-hybridized carbons (Fsp3) is 0.348. The molecule has 0 bridgehead atoms. The van der Waals surface area contributed by atoms with Gasteiger partial charge in [0, 0.05) is 45.3 Å². The van der Waals surface area contributed by atoms with Gasteiger partial charge in [-0.3, -0.25) is 4.79 Å². The average molecular weight is 468 g/mol. The molecule has 2 aliphatic heterocycles.